The molecule has 0 spiro atoms. The molecule has 0 saturated carbocycles. The van der Waals surface area contributed by atoms with Crippen molar-refractivity contribution in [3.63, 3.8) is 0 Å². The number of nitrogens with zero attached hydrogens (tertiary/aromatic N) is 5. The third-order valence-electron chi connectivity index (χ3n) is 4.71. The molecule has 2 heterocycles. The Labute approximate surface area is 194 Å². The summed E-state index contributed by atoms with van der Waals surface area (Å²) in [4.78, 5) is 20.7. The Hall–Kier alpha value is -2.50. The molecule has 2 aromatic rings. The number of ether oxygens (including phenoxy) is 2. The highest BCUT2D eigenvalue weighted by atomic mass is 127. The smallest absolute Gasteiger partial charge is 0.246 e. The maximum Gasteiger partial charge on any atom is 0.246 e. The summed E-state index contributed by atoms with van der Waals surface area (Å²) in [6, 6.07) is 5.83. The second kappa shape index (κ2) is 11.0. The van der Waals surface area contributed by atoms with E-state index in [2.05, 4.69) is 15.4 Å². The number of carbonyl (C=O) groups is 1. The van der Waals surface area contributed by atoms with Gasteiger partial charge in [-0.2, -0.15) is 5.10 Å². The minimum atomic E-state index is 0. The van der Waals surface area contributed by atoms with E-state index in [0.29, 0.717) is 38.0 Å². The Balaban J connectivity index is 0.00000320. The summed E-state index contributed by atoms with van der Waals surface area (Å²) in [5.74, 6) is 2.13. The lowest BCUT2D eigenvalue weighted by Gasteiger charge is -2.35. The SMILES string of the molecule is CCOc1ccc(CNC(=NC)N2CCN(c3cnn(C)c3)C(=O)C2)cc1OC.I. The summed E-state index contributed by atoms with van der Waals surface area (Å²) >= 11 is 0. The number of carbonyl (C=O) groups excluding carboxylic acids is 1. The first kappa shape index (κ1) is 23.8. The molecule has 1 aliphatic heterocycles. The number of methoxy groups -OCH3 is 1. The topological polar surface area (TPSA) is 84.2 Å². The summed E-state index contributed by atoms with van der Waals surface area (Å²) in [6.45, 7) is 4.62. The van der Waals surface area contributed by atoms with Crippen LogP contribution in [0.5, 0.6) is 11.5 Å². The molecule has 1 amide bonds. The largest absolute Gasteiger partial charge is 0.493 e. The summed E-state index contributed by atoms with van der Waals surface area (Å²) in [5, 5.41) is 7.48. The van der Waals surface area contributed by atoms with Gasteiger partial charge in [-0.05, 0) is 24.6 Å². The summed E-state index contributed by atoms with van der Waals surface area (Å²) < 4.78 is 12.7. The van der Waals surface area contributed by atoms with Gasteiger partial charge in [0.2, 0.25) is 5.91 Å². The molecule has 0 aliphatic carbocycles. The van der Waals surface area contributed by atoms with Crippen molar-refractivity contribution in [2.24, 2.45) is 12.0 Å². The van der Waals surface area contributed by atoms with Gasteiger partial charge in [-0.25, -0.2) is 0 Å². The van der Waals surface area contributed by atoms with Crippen molar-refractivity contribution in [1.29, 1.82) is 0 Å². The number of rotatable bonds is 6. The Morgan fingerprint density at radius 3 is 2.70 bits per heavy atom. The summed E-state index contributed by atoms with van der Waals surface area (Å²) in [7, 11) is 5.19. The van der Waals surface area contributed by atoms with Crippen LogP contribution in [0.1, 0.15) is 12.5 Å². The first-order valence-electron chi connectivity index (χ1n) is 9.60. The van der Waals surface area contributed by atoms with Gasteiger partial charge in [-0.3, -0.25) is 14.5 Å². The Morgan fingerprint density at radius 1 is 1.30 bits per heavy atom. The number of hydrogen-bond donors (Lipinski definition) is 1. The van der Waals surface area contributed by atoms with Crippen LogP contribution in [0.3, 0.4) is 0 Å². The highest BCUT2D eigenvalue weighted by Crippen LogP contribution is 2.28. The van der Waals surface area contributed by atoms with E-state index in [0.717, 1.165) is 17.0 Å². The van der Waals surface area contributed by atoms with Gasteiger partial charge in [-0.1, -0.05) is 6.07 Å². The summed E-state index contributed by atoms with van der Waals surface area (Å²) in [6.07, 6.45) is 3.56. The first-order chi connectivity index (χ1) is 14.0. The molecule has 9 nitrogen and oxygen atoms in total. The molecule has 1 saturated heterocycles. The monoisotopic (exact) mass is 528 g/mol. The molecular weight excluding hydrogens is 499 g/mol. The van der Waals surface area contributed by atoms with E-state index in [1.807, 2.05) is 43.3 Å². The minimum absolute atomic E-state index is 0. The average Bonchev–Trinajstić information content (AvgIpc) is 3.15. The summed E-state index contributed by atoms with van der Waals surface area (Å²) in [5.41, 5.74) is 1.85. The predicted molar refractivity (Wildman–Crippen MR) is 127 cm³/mol. The second-order valence-corrected chi connectivity index (χ2v) is 6.66. The molecule has 1 aromatic heterocycles. The number of aliphatic imine (C=N–C) groups is 1. The van der Waals surface area contributed by atoms with E-state index in [9.17, 15) is 4.79 Å². The molecule has 1 N–H and O–H groups in total. The van der Waals surface area contributed by atoms with Crippen molar-refractivity contribution in [2.75, 3.05) is 45.3 Å². The fraction of sp³-hybridized carbons (Fsp3) is 0.450. The van der Waals surface area contributed by atoms with Gasteiger partial charge in [0.1, 0.15) is 6.54 Å². The van der Waals surface area contributed by atoms with E-state index in [-0.39, 0.29) is 36.4 Å². The van der Waals surface area contributed by atoms with E-state index in [1.54, 1.807) is 29.9 Å². The molecular formula is C20H29IN6O3. The van der Waals surface area contributed by atoms with Crippen LogP contribution in [0, 0.1) is 0 Å². The third kappa shape index (κ3) is 5.55. The van der Waals surface area contributed by atoms with Crippen LogP contribution in [-0.4, -0.2) is 66.9 Å². The van der Waals surface area contributed by atoms with Gasteiger partial charge in [0.15, 0.2) is 17.5 Å². The average molecular weight is 528 g/mol. The lowest BCUT2D eigenvalue weighted by atomic mass is 10.2. The van der Waals surface area contributed by atoms with Crippen molar-refractivity contribution in [3.8, 4) is 11.5 Å². The van der Waals surface area contributed by atoms with E-state index >= 15 is 0 Å². The predicted octanol–water partition coefficient (Wildman–Crippen LogP) is 1.87. The van der Waals surface area contributed by atoms with Crippen LogP contribution < -0.4 is 19.7 Å². The quantitative estimate of drug-likeness (QED) is 0.350. The zero-order valence-corrected chi connectivity index (χ0v) is 20.1. The van der Waals surface area contributed by atoms with Crippen LogP contribution in [0.15, 0.2) is 35.6 Å². The van der Waals surface area contributed by atoms with E-state index < -0.39 is 0 Å². The normalized spacial score (nSPS) is 14.4. The lowest BCUT2D eigenvalue weighted by Crippen LogP contribution is -2.55. The van der Waals surface area contributed by atoms with Gasteiger partial charge in [0, 0.05) is 39.9 Å². The molecule has 3 rings (SSSR count). The van der Waals surface area contributed by atoms with Crippen molar-refractivity contribution in [3.05, 3.63) is 36.2 Å². The maximum absolute atomic E-state index is 12.6. The van der Waals surface area contributed by atoms with Crippen molar-refractivity contribution < 1.29 is 14.3 Å². The Kier molecular flexibility index (Phi) is 8.75. The molecule has 1 aliphatic rings. The molecule has 1 aromatic carbocycles. The number of halogens is 1. The molecule has 0 atom stereocenters. The van der Waals surface area contributed by atoms with Gasteiger partial charge in [-0.15, -0.1) is 24.0 Å². The zero-order chi connectivity index (χ0) is 20.8. The Morgan fingerprint density at radius 2 is 2.10 bits per heavy atom. The highest BCUT2D eigenvalue weighted by Gasteiger charge is 2.27. The number of aromatic nitrogens is 2. The van der Waals surface area contributed by atoms with Gasteiger partial charge in [0.05, 0.1) is 25.6 Å². The number of piperazine rings is 1. The fourth-order valence-corrected chi connectivity index (χ4v) is 3.28. The molecule has 0 bridgehead atoms. The number of aryl methyl sites for hydroxylation is 1. The molecule has 0 unspecified atom stereocenters. The van der Waals surface area contributed by atoms with Gasteiger partial charge < -0.3 is 24.6 Å². The number of anilines is 1. The number of amides is 1. The van der Waals surface area contributed by atoms with E-state index in [1.165, 1.54) is 0 Å². The third-order valence-corrected chi connectivity index (χ3v) is 4.71. The van der Waals surface area contributed by atoms with Crippen molar-refractivity contribution in [1.82, 2.24) is 20.0 Å². The van der Waals surface area contributed by atoms with Crippen LogP contribution in [-0.2, 0) is 18.4 Å². The maximum atomic E-state index is 12.6. The molecule has 1 fully saturated rings. The molecule has 30 heavy (non-hydrogen) atoms. The number of benzene rings is 1. The number of hydrogen-bond acceptors (Lipinski definition) is 5. The zero-order valence-electron chi connectivity index (χ0n) is 17.8. The molecule has 0 radical (unpaired) electrons. The van der Waals surface area contributed by atoms with Crippen LogP contribution >= 0.6 is 24.0 Å². The second-order valence-electron chi connectivity index (χ2n) is 6.66. The van der Waals surface area contributed by atoms with Gasteiger partial charge >= 0.3 is 0 Å². The number of guanidine groups is 1. The molecule has 164 valence electrons. The Bertz CT molecular complexity index is 885. The van der Waals surface area contributed by atoms with Crippen LogP contribution in [0.2, 0.25) is 0 Å². The van der Waals surface area contributed by atoms with Gasteiger partial charge in [0.25, 0.3) is 0 Å². The van der Waals surface area contributed by atoms with Crippen LogP contribution in [0.4, 0.5) is 5.69 Å². The molecule has 10 heteroatoms. The lowest BCUT2D eigenvalue weighted by molar-refractivity contribution is -0.120. The van der Waals surface area contributed by atoms with Crippen molar-refractivity contribution >= 4 is 41.5 Å². The van der Waals surface area contributed by atoms with Crippen molar-refractivity contribution in [2.45, 2.75) is 13.5 Å². The minimum Gasteiger partial charge on any atom is -0.493 e. The number of nitrogens with one attached hydrogen (secondary N) is 1. The first-order valence-corrected chi connectivity index (χ1v) is 9.60. The van der Waals surface area contributed by atoms with E-state index in [4.69, 9.17) is 9.47 Å². The van der Waals surface area contributed by atoms with Crippen LogP contribution in [0.25, 0.3) is 0 Å². The highest BCUT2D eigenvalue weighted by molar-refractivity contribution is 14.0. The fourth-order valence-electron chi connectivity index (χ4n) is 3.28. The standard InChI is InChI=1S/C20H28N6O3.HI/c1-5-29-17-7-6-15(10-18(17)28-4)11-22-20(21-2)25-8-9-26(19(27)14-25)16-12-23-24(3)13-16;/h6-7,10,12-13H,5,8-9,11,14H2,1-4H3,(H,21,22);1H.